The smallest absolute Gasteiger partial charge is 0.180 e. The highest BCUT2D eigenvalue weighted by atomic mass is 32.2. The molecule has 0 saturated heterocycles. The maximum atomic E-state index is 12.4. The molecule has 2 rings (SSSR count). The Morgan fingerprint density at radius 3 is 2.09 bits per heavy atom. The number of hydrogen-bond acceptors (Lipinski definition) is 4. The molecule has 4 nitrogen and oxygen atoms in total. The Balaban J connectivity index is 2.16. The van der Waals surface area contributed by atoms with Gasteiger partial charge < -0.3 is 5.11 Å². The van der Waals surface area contributed by atoms with Gasteiger partial charge in [-0.1, -0.05) is 54.6 Å². The molecule has 0 spiro atoms. The summed E-state index contributed by atoms with van der Waals surface area (Å²) < 4.78 is 24.8. The molecule has 0 aliphatic heterocycles. The lowest BCUT2D eigenvalue weighted by Gasteiger charge is -2.12. The lowest BCUT2D eigenvalue weighted by Crippen LogP contribution is -2.28. The van der Waals surface area contributed by atoms with Crippen LogP contribution in [-0.2, 0) is 22.2 Å². The summed E-state index contributed by atoms with van der Waals surface area (Å²) in [5, 5.41) is 7.89. The highest BCUT2D eigenvalue weighted by Gasteiger charge is 2.28. The molecule has 1 N–H and O–H groups in total. The fourth-order valence-corrected chi connectivity index (χ4v) is 3.47. The van der Waals surface area contributed by atoms with Crippen LogP contribution in [0.3, 0.4) is 0 Å². The Hall–Kier alpha value is -1.98. The number of hydrogen-bond donors (Lipinski definition) is 1. The number of Topliss-reactive ketones (excluding diaryl/α,β-unsaturated/α-hetero) is 1. The predicted octanol–water partition coefficient (Wildman–Crippen LogP) is 2.37. The van der Waals surface area contributed by atoms with E-state index in [1.54, 1.807) is 54.6 Å². The third-order valence-electron chi connectivity index (χ3n) is 3.54. The van der Waals surface area contributed by atoms with Crippen LogP contribution in [0, 0.1) is 0 Å². The quantitative estimate of drug-likeness (QED) is 0.830. The Labute approximate surface area is 130 Å². The van der Waals surface area contributed by atoms with Gasteiger partial charge in [0.25, 0.3) is 0 Å². The molecule has 0 aliphatic rings. The SMILES string of the molecule is CC(C(=O)c1ccccc1)S(=O)(=O)Cc1ccc(CO)cc1. The van der Waals surface area contributed by atoms with Crippen molar-refractivity contribution >= 4 is 15.6 Å². The normalized spacial score (nSPS) is 12.8. The topological polar surface area (TPSA) is 71.4 Å². The third kappa shape index (κ3) is 3.81. The van der Waals surface area contributed by atoms with Gasteiger partial charge in [0.15, 0.2) is 15.6 Å². The zero-order valence-corrected chi connectivity index (χ0v) is 13.1. The second kappa shape index (κ2) is 6.85. The number of rotatable bonds is 6. The zero-order valence-electron chi connectivity index (χ0n) is 12.3. The van der Waals surface area contributed by atoms with E-state index in [1.165, 1.54) is 6.92 Å². The molecule has 0 amide bonds. The van der Waals surface area contributed by atoms with E-state index in [2.05, 4.69) is 0 Å². The van der Waals surface area contributed by atoms with E-state index in [-0.39, 0.29) is 12.4 Å². The van der Waals surface area contributed by atoms with Gasteiger partial charge in [0.1, 0.15) is 5.25 Å². The Morgan fingerprint density at radius 2 is 1.55 bits per heavy atom. The molecule has 0 aliphatic carbocycles. The van der Waals surface area contributed by atoms with Gasteiger partial charge in [0, 0.05) is 5.56 Å². The molecule has 2 aromatic carbocycles. The van der Waals surface area contributed by atoms with Gasteiger partial charge in [-0.15, -0.1) is 0 Å². The van der Waals surface area contributed by atoms with Crippen LogP contribution < -0.4 is 0 Å². The van der Waals surface area contributed by atoms with Crippen LogP contribution in [0.5, 0.6) is 0 Å². The molecule has 0 heterocycles. The second-order valence-corrected chi connectivity index (χ2v) is 7.48. The lowest BCUT2D eigenvalue weighted by atomic mass is 10.1. The monoisotopic (exact) mass is 318 g/mol. The van der Waals surface area contributed by atoms with Gasteiger partial charge in [-0.25, -0.2) is 8.42 Å². The van der Waals surface area contributed by atoms with E-state index in [9.17, 15) is 13.2 Å². The van der Waals surface area contributed by atoms with Gasteiger partial charge in [0.2, 0.25) is 0 Å². The summed E-state index contributed by atoms with van der Waals surface area (Å²) in [6.45, 7) is 1.34. The lowest BCUT2D eigenvalue weighted by molar-refractivity contribution is 0.0991. The van der Waals surface area contributed by atoms with Crippen molar-refractivity contribution in [3.05, 3.63) is 71.3 Å². The van der Waals surface area contributed by atoms with Crippen LogP contribution in [0.15, 0.2) is 54.6 Å². The van der Waals surface area contributed by atoms with Crippen molar-refractivity contribution in [3.8, 4) is 0 Å². The summed E-state index contributed by atoms with van der Waals surface area (Å²) in [4.78, 5) is 12.3. The number of carbonyl (C=O) groups is 1. The molecule has 2 aromatic rings. The standard InChI is InChI=1S/C17H18O4S/c1-13(17(19)16-5-3-2-4-6-16)22(20,21)12-15-9-7-14(11-18)8-10-15/h2-10,13,18H,11-12H2,1H3. The van der Waals surface area contributed by atoms with E-state index in [0.717, 1.165) is 5.56 Å². The summed E-state index contributed by atoms with van der Waals surface area (Å²) in [6.07, 6.45) is 0. The first-order chi connectivity index (χ1) is 10.4. The molecule has 5 heteroatoms. The average molecular weight is 318 g/mol. The van der Waals surface area contributed by atoms with Crippen LogP contribution >= 0.6 is 0 Å². The number of sulfone groups is 1. The van der Waals surface area contributed by atoms with Gasteiger partial charge in [0.05, 0.1) is 12.4 Å². The number of aliphatic hydroxyl groups excluding tert-OH is 1. The summed E-state index contributed by atoms with van der Waals surface area (Å²) in [6, 6.07) is 15.1. The molecule has 22 heavy (non-hydrogen) atoms. The number of aliphatic hydroxyl groups is 1. The third-order valence-corrected chi connectivity index (χ3v) is 5.57. The van der Waals surface area contributed by atoms with Crippen molar-refractivity contribution in [2.45, 2.75) is 24.5 Å². The van der Waals surface area contributed by atoms with Gasteiger partial charge in [-0.3, -0.25) is 4.79 Å². The van der Waals surface area contributed by atoms with E-state index in [1.807, 2.05) is 0 Å². The van der Waals surface area contributed by atoms with Crippen molar-refractivity contribution in [2.24, 2.45) is 0 Å². The summed E-state index contributed by atoms with van der Waals surface area (Å²) in [5.41, 5.74) is 1.72. The maximum absolute atomic E-state index is 12.4. The largest absolute Gasteiger partial charge is 0.392 e. The minimum Gasteiger partial charge on any atom is -0.392 e. The van der Waals surface area contributed by atoms with Crippen molar-refractivity contribution in [1.29, 1.82) is 0 Å². The van der Waals surface area contributed by atoms with Crippen molar-refractivity contribution < 1.29 is 18.3 Å². The molecule has 0 bridgehead atoms. The molecule has 0 saturated carbocycles. The zero-order chi connectivity index (χ0) is 16.2. The molecule has 0 aromatic heterocycles. The van der Waals surface area contributed by atoms with Crippen molar-refractivity contribution in [1.82, 2.24) is 0 Å². The molecule has 1 unspecified atom stereocenters. The Kier molecular flexibility index (Phi) is 5.11. The van der Waals surface area contributed by atoms with Gasteiger partial charge in [-0.2, -0.15) is 0 Å². The highest BCUT2D eigenvalue weighted by molar-refractivity contribution is 7.92. The summed E-state index contributed by atoms with van der Waals surface area (Å²) in [7, 11) is -3.59. The summed E-state index contributed by atoms with van der Waals surface area (Å²) >= 11 is 0. The predicted molar refractivity (Wildman–Crippen MR) is 85.2 cm³/mol. The van der Waals surface area contributed by atoms with Crippen LogP contribution in [-0.4, -0.2) is 24.6 Å². The van der Waals surface area contributed by atoms with E-state index < -0.39 is 20.9 Å². The highest BCUT2D eigenvalue weighted by Crippen LogP contribution is 2.16. The number of benzene rings is 2. The van der Waals surface area contributed by atoms with Gasteiger partial charge in [-0.05, 0) is 18.1 Å². The maximum Gasteiger partial charge on any atom is 0.180 e. The Bertz CT molecular complexity index is 734. The van der Waals surface area contributed by atoms with Crippen molar-refractivity contribution in [3.63, 3.8) is 0 Å². The van der Waals surface area contributed by atoms with E-state index in [0.29, 0.717) is 11.1 Å². The fourth-order valence-electron chi connectivity index (χ4n) is 2.10. The minimum absolute atomic E-state index is 0.0874. The van der Waals surface area contributed by atoms with Crippen LogP contribution in [0.1, 0.15) is 28.4 Å². The molecular weight excluding hydrogens is 300 g/mol. The molecule has 0 radical (unpaired) electrons. The van der Waals surface area contributed by atoms with E-state index >= 15 is 0 Å². The van der Waals surface area contributed by atoms with Crippen molar-refractivity contribution in [2.75, 3.05) is 0 Å². The van der Waals surface area contributed by atoms with Crippen LogP contribution in [0.25, 0.3) is 0 Å². The minimum atomic E-state index is -3.59. The first-order valence-electron chi connectivity index (χ1n) is 6.93. The fraction of sp³-hybridized carbons (Fsp3) is 0.235. The van der Waals surface area contributed by atoms with Gasteiger partial charge >= 0.3 is 0 Å². The number of carbonyl (C=O) groups excluding carboxylic acids is 1. The first kappa shape index (κ1) is 16.4. The Morgan fingerprint density at radius 1 is 1.00 bits per heavy atom. The second-order valence-electron chi connectivity index (χ2n) is 5.15. The molecular formula is C17H18O4S. The molecule has 0 fully saturated rings. The number of ketones is 1. The van der Waals surface area contributed by atoms with Crippen LogP contribution in [0.2, 0.25) is 0 Å². The van der Waals surface area contributed by atoms with Crippen LogP contribution in [0.4, 0.5) is 0 Å². The first-order valence-corrected chi connectivity index (χ1v) is 8.65. The average Bonchev–Trinajstić information content (AvgIpc) is 2.54. The van der Waals surface area contributed by atoms with E-state index in [4.69, 9.17) is 5.11 Å². The molecule has 1 atom stereocenters. The summed E-state index contributed by atoms with van der Waals surface area (Å²) in [5.74, 6) is -0.592. The molecule has 116 valence electrons.